The zero-order valence-corrected chi connectivity index (χ0v) is 10.6. The first-order valence-electron chi connectivity index (χ1n) is 5.72. The molecule has 0 N–H and O–H groups in total. The fourth-order valence-corrected chi connectivity index (χ4v) is 2.99. The monoisotopic (exact) mass is 239 g/mol. The summed E-state index contributed by atoms with van der Waals surface area (Å²) in [6.07, 6.45) is 4.67. The molecule has 0 aromatic rings. The first-order valence-corrected chi connectivity index (χ1v) is 6.71. The molecule has 0 spiro atoms. The summed E-state index contributed by atoms with van der Waals surface area (Å²) < 4.78 is 0. The average molecular weight is 239 g/mol. The Kier molecular flexibility index (Phi) is 3.63. The number of amidine groups is 1. The summed E-state index contributed by atoms with van der Waals surface area (Å²) >= 11 is 1.51. The Balaban J connectivity index is 2.15. The maximum absolute atomic E-state index is 11.8. The second kappa shape index (κ2) is 4.99. The van der Waals surface area contributed by atoms with E-state index in [0.717, 1.165) is 23.7 Å². The second-order valence-corrected chi connectivity index (χ2v) is 5.36. The van der Waals surface area contributed by atoms with E-state index in [2.05, 4.69) is 10.2 Å². The molecule has 16 heavy (non-hydrogen) atoms. The van der Waals surface area contributed by atoms with E-state index in [4.69, 9.17) is 0 Å². The Bertz CT molecular complexity index is 341. The lowest BCUT2D eigenvalue weighted by Gasteiger charge is -2.22. The summed E-state index contributed by atoms with van der Waals surface area (Å²) in [6.45, 7) is 3.82. The molecule has 2 fully saturated rings. The Morgan fingerprint density at radius 1 is 1.38 bits per heavy atom. The molecule has 1 heterocycles. The number of carbonyl (C=O) groups excluding carboxylic acids is 1. The van der Waals surface area contributed by atoms with Crippen molar-refractivity contribution in [2.45, 2.75) is 45.6 Å². The Morgan fingerprint density at radius 3 is 2.69 bits per heavy atom. The second-order valence-electron chi connectivity index (χ2n) is 4.42. The number of rotatable bonds is 2. The van der Waals surface area contributed by atoms with Gasteiger partial charge in [-0.05, 0) is 26.7 Å². The Morgan fingerprint density at radius 2 is 2.06 bits per heavy atom. The molecule has 0 radical (unpaired) electrons. The van der Waals surface area contributed by atoms with Gasteiger partial charge in [0.2, 0.25) is 5.91 Å². The highest BCUT2D eigenvalue weighted by Gasteiger charge is 2.35. The lowest BCUT2D eigenvalue weighted by atomic mass is 10.2. The zero-order valence-electron chi connectivity index (χ0n) is 9.77. The molecule has 1 amide bonds. The highest BCUT2D eigenvalue weighted by molar-refractivity contribution is 8.15. The van der Waals surface area contributed by atoms with Crippen molar-refractivity contribution >= 4 is 28.5 Å². The highest BCUT2D eigenvalue weighted by Crippen LogP contribution is 2.30. The SMILES string of the molecule is CC(C)=NN=C1SCC(=O)N1C1CCCC1. The van der Waals surface area contributed by atoms with Gasteiger partial charge in [0.15, 0.2) is 5.17 Å². The minimum atomic E-state index is 0.194. The molecule has 0 unspecified atom stereocenters. The first kappa shape index (κ1) is 11.6. The number of amides is 1. The van der Waals surface area contributed by atoms with Crippen LogP contribution in [0.1, 0.15) is 39.5 Å². The van der Waals surface area contributed by atoms with Crippen LogP contribution in [-0.4, -0.2) is 33.5 Å². The van der Waals surface area contributed by atoms with E-state index in [1.807, 2.05) is 18.7 Å². The van der Waals surface area contributed by atoms with Gasteiger partial charge in [0.25, 0.3) is 0 Å². The van der Waals surface area contributed by atoms with E-state index >= 15 is 0 Å². The number of nitrogens with zero attached hydrogens (tertiary/aromatic N) is 3. The minimum Gasteiger partial charge on any atom is -0.286 e. The molecule has 2 rings (SSSR count). The molecule has 1 saturated carbocycles. The number of hydrogen-bond donors (Lipinski definition) is 0. The maximum Gasteiger partial charge on any atom is 0.239 e. The van der Waals surface area contributed by atoms with Gasteiger partial charge in [-0.3, -0.25) is 9.69 Å². The summed E-state index contributed by atoms with van der Waals surface area (Å²) in [5, 5.41) is 9.01. The van der Waals surface area contributed by atoms with E-state index < -0.39 is 0 Å². The third-order valence-corrected chi connectivity index (χ3v) is 3.75. The van der Waals surface area contributed by atoms with Crippen LogP contribution in [0, 0.1) is 0 Å². The van der Waals surface area contributed by atoms with Crippen molar-refractivity contribution in [3.05, 3.63) is 0 Å². The van der Waals surface area contributed by atoms with Gasteiger partial charge in [-0.25, -0.2) is 0 Å². The van der Waals surface area contributed by atoms with Crippen molar-refractivity contribution in [1.29, 1.82) is 0 Å². The molecule has 5 heteroatoms. The molecule has 4 nitrogen and oxygen atoms in total. The molecule has 1 aliphatic carbocycles. The van der Waals surface area contributed by atoms with Crippen LogP contribution in [-0.2, 0) is 4.79 Å². The largest absolute Gasteiger partial charge is 0.286 e. The summed E-state index contributed by atoms with van der Waals surface area (Å²) in [5.74, 6) is 0.716. The molecule has 0 atom stereocenters. The normalized spacial score (nSPS) is 24.5. The summed E-state index contributed by atoms with van der Waals surface area (Å²) in [6, 6.07) is 0.369. The minimum absolute atomic E-state index is 0.194. The first-order chi connectivity index (χ1) is 7.68. The quantitative estimate of drug-likeness (QED) is 0.548. The fraction of sp³-hybridized carbons (Fsp3) is 0.727. The third kappa shape index (κ3) is 2.45. The Labute approximate surface area is 100 Å². The molecule has 0 bridgehead atoms. The van der Waals surface area contributed by atoms with Gasteiger partial charge in [-0.1, -0.05) is 24.6 Å². The van der Waals surface area contributed by atoms with Crippen LogP contribution < -0.4 is 0 Å². The Hall–Kier alpha value is -0.840. The average Bonchev–Trinajstić information content (AvgIpc) is 2.83. The highest BCUT2D eigenvalue weighted by atomic mass is 32.2. The van der Waals surface area contributed by atoms with Crippen LogP contribution in [0.25, 0.3) is 0 Å². The van der Waals surface area contributed by atoms with Gasteiger partial charge >= 0.3 is 0 Å². The smallest absolute Gasteiger partial charge is 0.239 e. The molecular formula is C11H17N3OS. The van der Waals surface area contributed by atoms with Crippen molar-refractivity contribution in [3.8, 4) is 0 Å². The molecule has 0 aromatic heterocycles. The molecule has 0 aromatic carbocycles. The van der Waals surface area contributed by atoms with Crippen LogP contribution in [0.2, 0.25) is 0 Å². The van der Waals surface area contributed by atoms with Gasteiger partial charge < -0.3 is 0 Å². The van der Waals surface area contributed by atoms with E-state index in [0.29, 0.717) is 11.8 Å². The lowest BCUT2D eigenvalue weighted by Crippen LogP contribution is -2.37. The van der Waals surface area contributed by atoms with Crippen molar-refractivity contribution < 1.29 is 4.79 Å². The van der Waals surface area contributed by atoms with Crippen LogP contribution in [0.15, 0.2) is 10.2 Å². The molecule has 88 valence electrons. The summed E-state index contributed by atoms with van der Waals surface area (Å²) in [5.41, 5.74) is 0.916. The topological polar surface area (TPSA) is 45.0 Å². The van der Waals surface area contributed by atoms with Gasteiger partial charge in [0.05, 0.1) is 5.75 Å². The van der Waals surface area contributed by atoms with Crippen LogP contribution in [0.4, 0.5) is 0 Å². The third-order valence-electron chi connectivity index (χ3n) is 2.82. The van der Waals surface area contributed by atoms with Crippen molar-refractivity contribution in [2.24, 2.45) is 10.2 Å². The maximum atomic E-state index is 11.8. The predicted molar refractivity (Wildman–Crippen MR) is 67.8 cm³/mol. The predicted octanol–water partition coefficient (Wildman–Crippen LogP) is 2.26. The number of carbonyl (C=O) groups is 1. The number of thioether (sulfide) groups is 1. The summed E-state index contributed by atoms with van der Waals surface area (Å²) in [4.78, 5) is 13.7. The zero-order chi connectivity index (χ0) is 11.5. The van der Waals surface area contributed by atoms with Crippen LogP contribution in [0.3, 0.4) is 0 Å². The fourth-order valence-electron chi connectivity index (χ4n) is 2.11. The van der Waals surface area contributed by atoms with Gasteiger partial charge in [0, 0.05) is 11.8 Å². The number of hydrogen-bond acceptors (Lipinski definition) is 4. The van der Waals surface area contributed by atoms with Crippen LogP contribution in [0.5, 0.6) is 0 Å². The van der Waals surface area contributed by atoms with E-state index in [1.54, 1.807) is 0 Å². The van der Waals surface area contributed by atoms with Gasteiger partial charge in [-0.2, -0.15) is 5.10 Å². The van der Waals surface area contributed by atoms with E-state index in [1.165, 1.54) is 24.6 Å². The van der Waals surface area contributed by atoms with Crippen LogP contribution >= 0.6 is 11.8 Å². The standard InChI is InChI=1S/C11H17N3OS/c1-8(2)12-13-11-14(10(15)7-16-11)9-5-3-4-6-9/h9H,3-7H2,1-2H3. The van der Waals surface area contributed by atoms with Gasteiger partial charge in [-0.15, -0.1) is 5.10 Å². The molecule has 1 aliphatic heterocycles. The van der Waals surface area contributed by atoms with Crippen molar-refractivity contribution in [2.75, 3.05) is 5.75 Å². The molecule has 2 aliphatic rings. The van der Waals surface area contributed by atoms with E-state index in [9.17, 15) is 4.79 Å². The van der Waals surface area contributed by atoms with Gasteiger partial charge in [0.1, 0.15) is 0 Å². The van der Waals surface area contributed by atoms with Crippen molar-refractivity contribution in [3.63, 3.8) is 0 Å². The lowest BCUT2D eigenvalue weighted by molar-refractivity contribution is -0.125. The molecule has 1 saturated heterocycles. The van der Waals surface area contributed by atoms with E-state index in [-0.39, 0.29) is 5.91 Å². The summed E-state index contributed by atoms with van der Waals surface area (Å²) in [7, 11) is 0. The molecular weight excluding hydrogens is 222 g/mol. The van der Waals surface area contributed by atoms with Crippen molar-refractivity contribution in [1.82, 2.24) is 4.90 Å².